The molecule has 0 saturated carbocycles. The molecule has 19 heavy (non-hydrogen) atoms. The molecule has 7 heteroatoms. The smallest absolute Gasteiger partial charge is 1.00 e. The summed E-state index contributed by atoms with van der Waals surface area (Å²) in [5, 5.41) is 19.7. The summed E-state index contributed by atoms with van der Waals surface area (Å²) in [5.41, 5.74) is 0.332. The third-order valence-electron chi connectivity index (χ3n) is 2.29. The molecular formula is C12H15MgNO5. The van der Waals surface area contributed by atoms with E-state index >= 15 is 0 Å². The van der Waals surface area contributed by atoms with Crippen LogP contribution in [0.15, 0.2) is 30.3 Å². The Hall–Kier alpha value is -1.60. The third kappa shape index (κ3) is 6.21. The zero-order valence-corrected chi connectivity index (χ0v) is 11.6. The van der Waals surface area contributed by atoms with Gasteiger partial charge in [0.05, 0.1) is 0 Å². The molecule has 1 aromatic carbocycles. The predicted molar refractivity (Wildman–Crippen MR) is 70.2 cm³/mol. The van der Waals surface area contributed by atoms with Gasteiger partial charge in [0.25, 0.3) is 5.91 Å². The molecule has 0 aromatic heterocycles. The Morgan fingerprint density at radius 2 is 1.74 bits per heavy atom. The maximum absolute atomic E-state index is 11.7. The van der Waals surface area contributed by atoms with Crippen LogP contribution in [-0.2, 0) is 9.59 Å². The minimum Gasteiger partial charge on any atom is -1.00 e. The van der Waals surface area contributed by atoms with Crippen molar-refractivity contribution >= 4 is 40.9 Å². The van der Waals surface area contributed by atoms with Crippen molar-refractivity contribution in [2.24, 2.45) is 0 Å². The van der Waals surface area contributed by atoms with Crippen molar-refractivity contribution in [3.63, 3.8) is 0 Å². The molecule has 0 aliphatic rings. The average molecular weight is 278 g/mol. The number of rotatable bonds is 6. The second-order valence-electron chi connectivity index (χ2n) is 3.66. The normalized spacial score (nSPS) is 10.9. The molecule has 1 atom stereocenters. The van der Waals surface area contributed by atoms with E-state index in [4.69, 9.17) is 10.2 Å². The predicted octanol–water partition coefficient (Wildman–Crippen LogP) is 0.579. The van der Waals surface area contributed by atoms with E-state index in [1.54, 1.807) is 30.3 Å². The van der Waals surface area contributed by atoms with Crippen molar-refractivity contribution < 1.29 is 27.4 Å². The van der Waals surface area contributed by atoms with Crippen molar-refractivity contribution in [1.29, 1.82) is 0 Å². The second kappa shape index (κ2) is 8.49. The molecule has 0 heterocycles. The van der Waals surface area contributed by atoms with Gasteiger partial charge in [-0.05, 0) is 18.6 Å². The van der Waals surface area contributed by atoms with Crippen LogP contribution in [0.3, 0.4) is 0 Å². The zero-order chi connectivity index (χ0) is 13.5. The van der Waals surface area contributed by atoms with Crippen LogP contribution in [0, 0.1) is 0 Å². The molecule has 6 nitrogen and oxygen atoms in total. The molecule has 1 unspecified atom stereocenters. The summed E-state index contributed by atoms with van der Waals surface area (Å²) in [5.74, 6) is -2.89. The van der Waals surface area contributed by atoms with Crippen molar-refractivity contribution in [1.82, 2.24) is 5.32 Å². The maximum Gasteiger partial charge on any atom is 2.00 e. The van der Waals surface area contributed by atoms with Gasteiger partial charge in [0.1, 0.15) is 6.04 Å². The number of carboxylic acid groups (broad SMARTS) is 2. The number of nitrogens with one attached hydrogen (secondary N) is 1. The quantitative estimate of drug-likeness (QED) is 0.660. The molecule has 0 radical (unpaired) electrons. The Labute approximate surface area is 128 Å². The first-order chi connectivity index (χ1) is 8.50. The van der Waals surface area contributed by atoms with Crippen molar-refractivity contribution in [3.05, 3.63) is 35.9 Å². The van der Waals surface area contributed by atoms with E-state index in [9.17, 15) is 14.4 Å². The molecule has 0 spiro atoms. The number of carbonyl (C=O) groups is 3. The summed E-state index contributed by atoms with van der Waals surface area (Å²) >= 11 is 0. The fourth-order valence-corrected chi connectivity index (χ4v) is 1.36. The Morgan fingerprint density at radius 1 is 1.16 bits per heavy atom. The van der Waals surface area contributed by atoms with Gasteiger partial charge in [0, 0.05) is 12.0 Å². The summed E-state index contributed by atoms with van der Waals surface area (Å²) in [4.78, 5) is 32.9. The summed E-state index contributed by atoms with van der Waals surface area (Å²) in [6.07, 6.45) is -0.463. The molecule has 0 bridgehead atoms. The van der Waals surface area contributed by atoms with Crippen LogP contribution in [-0.4, -0.2) is 57.2 Å². The number of carbonyl (C=O) groups excluding carboxylic acids is 1. The van der Waals surface area contributed by atoms with Gasteiger partial charge in [-0.1, -0.05) is 18.2 Å². The van der Waals surface area contributed by atoms with E-state index in [1.807, 2.05) is 0 Å². The molecule has 100 valence electrons. The van der Waals surface area contributed by atoms with Crippen LogP contribution in [0.5, 0.6) is 0 Å². The summed E-state index contributed by atoms with van der Waals surface area (Å²) in [6, 6.07) is 6.94. The van der Waals surface area contributed by atoms with E-state index in [1.165, 1.54) is 0 Å². The molecular weight excluding hydrogens is 262 g/mol. The molecule has 0 fully saturated rings. The third-order valence-corrected chi connectivity index (χ3v) is 2.29. The van der Waals surface area contributed by atoms with Crippen LogP contribution < -0.4 is 5.32 Å². The molecule has 1 aromatic rings. The molecule has 0 aliphatic heterocycles. The summed E-state index contributed by atoms with van der Waals surface area (Å²) in [7, 11) is 0. The van der Waals surface area contributed by atoms with Gasteiger partial charge in [0.15, 0.2) is 0 Å². The number of benzene rings is 1. The van der Waals surface area contributed by atoms with Gasteiger partial charge >= 0.3 is 35.0 Å². The van der Waals surface area contributed by atoms with E-state index in [2.05, 4.69) is 5.32 Å². The fraction of sp³-hybridized carbons (Fsp3) is 0.250. The SMILES string of the molecule is O=C(O)CCC(NC(=O)c1ccccc1)C(=O)O.[H-].[H-].[Mg+2]. The van der Waals surface area contributed by atoms with Crippen LogP contribution in [0.25, 0.3) is 0 Å². The largest absolute Gasteiger partial charge is 2.00 e. The Morgan fingerprint density at radius 3 is 2.21 bits per heavy atom. The maximum atomic E-state index is 11.7. The number of hydrogen-bond acceptors (Lipinski definition) is 3. The Balaban J connectivity index is -0.00000108. The van der Waals surface area contributed by atoms with Crippen LogP contribution in [0.1, 0.15) is 26.1 Å². The first-order valence-electron chi connectivity index (χ1n) is 5.31. The van der Waals surface area contributed by atoms with Crippen molar-refractivity contribution in [3.8, 4) is 0 Å². The van der Waals surface area contributed by atoms with Gasteiger partial charge in [-0.15, -0.1) is 0 Å². The summed E-state index contributed by atoms with van der Waals surface area (Å²) < 4.78 is 0. The number of carboxylic acids is 2. The average Bonchev–Trinajstić information content (AvgIpc) is 2.34. The second-order valence-corrected chi connectivity index (χ2v) is 3.66. The van der Waals surface area contributed by atoms with Gasteiger partial charge in [0.2, 0.25) is 0 Å². The van der Waals surface area contributed by atoms with Gasteiger partial charge in [-0.3, -0.25) is 9.59 Å². The minimum absolute atomic E-state index is 0. The molecule has 1 amide bonds. The topological polar surface area (TPSA) is 104 Å². The molecule has 0 saturated heterocycles. The van der Waals surface area contributed by atoms with Crippen LogP contribution >= 0.6 is 0 Å². The zero-order valence-electron chi connectivity index (χ0n) is 12.2. The van der Waals surface area contributed by atoms with Gasteiger partial charge in [-0.25, -0.2) is 4.79 Å². The summed E-state index contributed by atoms with van der Waals surface area (Å²) in [6.45, 7) is 0. The monoisotopic (exact) mass is 277 g/mol. The van der Waals surface area contributed by atoms with Gasteiger partial charge in [-0.2, -0.15) is 0 Å². The first kappa shape index (κ1) is 17.4. The molecule has 1 rings (SSSR count). The number of hydrogen-bond donors (Lipinski definition) is 3. The number of aliphatic carboxylic acids is 2. The number of amides is 1. The van der Waals surface area contributed by atoms with Crippen LogP contribution in [0.4, 0.5) is 0 Å². The van der Waals surface area contributed by atoms with Crippen molar-refractivity contribution in [2.75, 3.05) is 0 Å². The molecule has 0 aliphatic carbocycles. The Bertz CT molecular complexity index is 458. The van der Waals surface area contributed by atoms with Gasteiger partial charge < -0.3 is 18.4 Å². The van der Waals surface area contributed by atoms with Crippen LogP contribution in [0.2, 0.25) is 0 Å². The minimum atomic E-state index is -1.25. The van der Waals surface area contributed by atoms with E-state index in [0.29, 0.717) is 5.56 Å². The standard InChI is InChI=1S/C12H13NO5.Mg.2H/c14-10(15)7-6-9(12(17)18)13-11(16)8-4-2-1-3-5-8;;;/h1-5,9H,6-7H2,(H,13,16)(H,14,15)(H,17,18);;;/q;+2;2*-1. The van der Waals surface area contributed by atoms with E-state index in [-0.39, 0.29) is 38.7 Å². The van der Waals surface area contributed by atoms with Crippen molar-refractivity contribution in [2.45, 2.75) is 18.9 Å². The first-order valence-corrected chi connectivity index (χ1v) is 5.31. The van der Waals surface area contributed by atoms with E-state index < -0.39 is 23.9 Å². The fourth-order valence-electron chi connectivity index (χ4n) is 1.36. The Kier molecular flexibility index (Phi) is 7.77. The molecule has 3 N–H and O–H groups in total. The van der Waals surface area contributed by atoms with E-state index in [0.717, 1.165) is 0 Å².